The summed E-state index contributed by atoms with van der Waals surface area (Å²) in [5.74, 6) is 4.68. The molecule has 0 saturated heterocycles. The van der Waals surface area contributed by atoms with Crippen molar-refractivity contribution >= 4 is 16.4 Å². The maximum atomic E-state index is 7.05. The van der Waals surface area contributed by atoms with Gasteiger partial charge in [0.15, 0.2) is 0 Å². The topological polar surface area (TPSA) is 18.5 Å². The largest absolute Gasteiger partial charge is 0.481 e. The minimum atomic E-state index is -0.0806. The molecule has 1 aliphatic rings. The predicted octanol–water partition coefficient (Wildman–Crippen LogP) is 12.1. The van der Waals surface area contributed by atoms with Gasteiger partial charge in [-0.05, 0) is 56.1 Å². The van der Waals surface area contributed by atoms with E-state index in [9.17, 15) is 0 Å². The summed E-state index contributed by atoms with van der Waals surface area (Å²) in [6.45, 7) is 0. The van der Waals surface area contributed by atoms with Crippen LogP contribution in [0, 0.1) is 0 Å². The lowest BCUT2D eigenvalue weighted by atomic mass is 9.99. The molecule has 0 amide bonds. The Labute approximate surface area is 267 Å². The van der Waals surface area contributed by atoms with Crippen molar-refractivity contribution < 1.29 is 9.47 Å². The van der Waals surface area contributed by atoms with Crippen molar-refractivity contribution in [2.24, 2.45) is 0 Å². The number of benzene rings is 5. The van der Waals surface area contributed by atoms with E-state index in [4.69, 9.17) is 9.47 Å². The molecule has 4 unspecified atom stereocenters. The Balaban J connectivity index is 1.15. The lowest BCUT2D eigenvalue weighted by Crippen LogP contribution is -2.06. The molecule has 4 atom stereocenters. The van der Waals surface area contributed by atoms with Gasteiger partial charge < -0.3 is 9.47 Å². The summed E-state index contributed by atoms with van der Waals surface area (Å²) in [5, 5.41) is 0. The zero-order valence-corrected chi connectivity index (χ0v) is 26.7. The van der Waals surface area contributed by atoms with E-state index in [1.165, 1.54) is 55.6 Å². The van der Waals surface area contributed by atoms with E-state index in [1.54, 1.807) is 0 Å². The molecule has 2 aromatic heterocycles. The minimum absolute atomic E-state index is 0.0806. The molecule has 0 bridgehead atoms. The molecule has 2 nitrogen and oxygen atoms in total. The number of hydrogen-bond acceptors (Lipinski definition) is 2. The van der Waals surface area contributed by atoms with Gasteiger partial charge in [-0.15, -0.1) is 0 Å². The molecule has 0 N–H and O–H groups in total. The number of ether oxygens (including phenoxy) is 2. The van der Waals surface area contributed by atoms with Crippen LogP contribution < -0.4 is 9.47 Å². The van der Waals surface area contributed by atoms with Crippen LogP contribution in [0.15, 0.2) is 157 Å². The van der Waals surface area contributed by atoms with Crippen molar-refractivity contribution in [1.29, 1.82) is 0 Å². The quantitative estimate of drug-likeness (QED) is 0.169. The van der Waals surface area contributed by atoms with Gasteiger partial charge in [0, 0.05) is 17.5 Å². The summed E-state index contributed by atoms with van der Waals surface area (Å²) in [5.41, 5.74) is 14.3. The zero-order chi connectivity index (χ0) is 30.0. The van der Waals surface area contributed by atoms with Gasteiger partial charge in [-0.2, -0.15) is 0 Å². The van der Waals surface area contributed by atoms with Crippen LogP contribution >= 0.6 is 16.4 Å². The number of hydrogen-bond donors (Lipinski definition) is 0. The normalized spacial score (nSPS) is 15.8. The second-order valence-corrected chi connectivity index (χ2v) is 13.4. The average molecular weight is 619 g/mol. The van der Waals surface area contributed by atoms with E-state index in [1.807, 2.05) is 0 Å². The summed E-state index contributed by atoms with van der Waals surface area (Å²) in [6.07, 6.45) is 0.610. The van der Waals surface area contributed by atoms with Crippen molar-refractivity contribution in [3.05, 3.63) is 168 Å². The summed E-state index contributed by atoms with van der Waals surface area (Å²) in [7, 11) is 0.939. The molecule has 218 valence electrons. The van der Waals surface area contributed by atoms with Crippen molar-refractivity contribution in [2.45, 2.75) is 18.6 Å². The fraction of sp³-hybridized carbons (Fsp3) is 0.0732. The van der Waals surface area contributed by atoms with Crippen LogP contribution in [-0.2, 0) is 0 Å². The standard InChI is InChI=1S/C41H32O2P2/c1-5-15-28(16-6-1)34-26-44-40(38(34)30-19-9-3-10-20-30)42-36-25-37(33-24-14-13-23-32(33)36)43-41-39(31-21-11-4-12-22-31)35(27-45-41)29-17-7-2-8-18-29/h1-24,26-27,36-37,44-45H,25H2. The highest BCUT2D eigenvalue weighted by molar-refractivity contribution is 7.33. The highest BCUT2D eigenvalue weighted by atomic mass is 31.0. The van der Waals surface area contributed by atoms with Crippen molar-refractivity contribution in [1.82, 2.24) is 0 Å². The number of fused-ring (bicyclic) bond motifs is 1. The van der Waals surface area contributed by atoms with E-state index in [0.29, 0.717) is 16.4 Å². The fourth-order valence-corrected chi connectivity index (χ4v) is 8.96. The Bertz CT molecular complexity index is 1880. The van der Waals surface area contributed by atoms with Crippen LogP contribution in [-0.4, -0.2) is 0 Å². The zero-order valence-electron chi connectivity index (χ0n) is 24.7. The van der Waals surface area contributed by atoms with Crippen LogP contribution in [0.5, 0.6) is 11.0 Å². The molecule has 8 rings (SSSR count). The maximum Gasteiger partial charge on any atom is 0.143 e. The molecule has 0 radical (unpaired) electrons. The summed E-state index contributed by atoms with van der Waals surface area (Å²) < 4.78 is 14.1. The summed E-state index contributed by atoms with van der Waals surface area (Å²) in [6, 6.07) is 51.3. The molecular formula is C41H32O2P2. The van der Waals surface area contributed by atoms with Gasteiger partial charge in [-0.25, -0.2) is 0 Å². The third-order valence-electron chi connectivity index (χ3n) is 8.62. The first-order chi connectivity index (χ1) is 22.3. The van der Waals surface area contributed by atoms with E-state index in [-0.39, 0.29) is 12.2 Å². The van der Waals surface area contributed by atoms with Gasteiger partial charge in [-0.3, -0.25) is 0 Å². The smallest absolute Gasteiger partial charge is 0.143 e. The molecule has 0 aliphatic heterocycles. The third-order valence-corrected chi connectivity index (χ3v) is 10.7. The van der Waals surface area contributed by atoms with Gasteiger partial charge in [0.25, 0.3) is 0 Å². The van der Waals surface area contributed by atoms with E-state index < -0.39 is 0 Å². The second-order valence-electron chi connectivity index (χ2n) is 11.4. The maximum absolute atomic E-state index is 7.05. The first-order valence-corrected chi connectivity index (χ1v) is 17.6. The molecule has 4 heteroatoms. The fourth-order valence-electron chi connectivity index (χ4n) is 6.52. The van der Waals surface area contributed by atoms with E-state index >= 15 is 0 Å². The molecule has 45 heavy (non-hydrogen) atoms. The van der Waals surface area contributed by atoms with Crippen LogP contribution in [0.4, 0.5) is 0 Å². The Morgan fingerprint density at radius 2 is 0.733 bits per heavy atom. The monoisotopic (exact) mass is 618 g/mol. The van der Waals surface area contributed by atoms with Crippen molar-refractivity contribution in [2.75, 3.05) is 0 Å². The second kappa shape index (κ2) is 12.3. The molecule has 2 heterocycles. The Kier molecular flexibility index (Phi) is 7.62. The molecule has 0 spiro atoms. The molecule has 7 aromatic rings. The summed E-state index contributed by atoms with van der Waals surface area (Å²) in [4.78, 5) is 0. The van der Waals surface area contributed by atoms with Gasteiger partial charge in [0.2, 0.25) is 0 Å². The first kappa shape index (κ1) is 27.8. The minimum Gasteiger partial charge on any atom is -0.481 e. The highest BCUT2D eigenvalue weighted by Gasteiger charge is 2.35. The lowest BCUT2D eigenvalue weighted by molar-refractivity contribution is 0.143. The molecule has 0 saturated carbocycles. The molecule has 0 fully saturated rings. The van der Waals surface area contributed by atoms with Crippen LogP contribution in [0.2, 0.25) is 0 Å². The average Bonchev–Trinajstić information content (AvgIpc) is 3.83. The first-order valence-electron chi connectivity index (χ1n) is 15.4. The van der Waals surface area contributed by atoms with E-state index in [2.05, 4.69) is 157 Å². The summed E-state index contributed by atoms with van der Waals surface area (Å²) >= 11 is 0. The molecule has 5 aromatic carbocycles. The Morgan fingerprint density at radius 1 is 0.400 bits per heavy atom. The van der Waals surface area contributed by atoms with E-state index in [0.717, 1.165) is 17.4 Å². The number of rotatable bonds is 8. The van der Waals surface area contributed by atoms with Crippen LogP contribution in [0.1, 0.15) is 29.8 Å². The third kappa shape index (κ3) is 5.42. The molecule has 1 aliphatic carbocycles. The Hall–Kier alpha value is -4.74. The van der Waals surface area contributed by atoms with Gasteiger partial charge >= 0.3 is 0 Å². The van der Waals surface area contributed by atoms with Crippen molar-refractivity contribution in [3.8, 4) is 55.5 Å². The van der Waals surface area contributed by atoms with Crippen LogP contribution in [0.3, 0.4) is 0 Å². The van der Waals surface area contributed by atoms with Crippen molar-refractivity contribution in [3.63, 3.8) is 0 Å². The van der Waals surface area contributed by atoms with Gasteiger partial charge in [-0.1, -0.05) is 162 Å². The molecular weight excluding hydrogens is 586 g/mol. The lowest BCUT2D eigenvalue weighted by Gasteiger charge is -2.18. The van der Waals surface area contributed by atoms with Gasteiger partial charge in [0.1, 0.15) is 23.2 Å². The van der Waals surface area contributed by atoms with Gasteiger partial charge in [0.05, 0.1) is 0 Å². The predicted molar refractivity (Wildman–Crippen MR) is 191 cm³/mol. The highest BCUT2D eigenvalue weighted by Crippen LogP contribution is 2.54. The SMILES string of the molecule is c1ccc(-c2c[pH]c(OC3CC(Oc4[pH]cc(-c5ccccc5)c4-c4ccccc4)c4ccccc43)c2-c2ccccc2)cc1. The Morgan fingerprint density at radius 3 is 1.11 bits per heavy atom. The van der Waals surface area contributed by atoms with Crippen LogP contribution in [0.25, 0.3) is 44.5 Å².